The second-order valence-electron chi connectivity index (χ2n) is 6.18. The molecule has 0 radical (unpaired) electrons. The number of halogens is 4. The first-order chi connectivity index (χ1) is 12.4. The van der Waals surface area contributed by atoms with Crippen LogP contribution in [-0.2, 0) is 0 Å². The van der Waals surface area contributed by atoms with E-state index in [9.17, 15) is 14.0 Å². The van der Waals surface area contributed by atoms with Crippen LogP contribution in [0.15, 0.2) is 36.4 Å². The van der Waals surface area contributed by atoms with E-state index in [4.69, 9.17) is 34.8 Å². The third-order valence-electron chi connectivity index (χ3n) is 4.52. The molecule has 0 bridgehead atoms. The topological polar surface area (TPSA) is 37.4 Å². The summed E-state index contributed by atoms with van der Waals surface area (Å²) in [7, 11) is 0. The molecule has 1 fully saturated rings. The Morgan fingerprint density at radius 3 is 2.23 bits per heavy atom. The van der Waals surface area contributed by atoms with Crippen molar-refractivity contribution >= 4 is 46.5 Å². The predicted molar refractivity (Wildman–Crippen MR) is 101 cm³/mol. The van der Waals surface area contributed by atoms with Crippen molar-refractivity contribution in [1.29, 1.82) is 0 Å². The summed E-state index contributed by atoms with van der Waals surface area (Å²) in [5.74, 6) is -0.927. The summed E-state index contributed by atoms with van der Waals surface area (Å²) >= 11 is 17.8. The molecule has 0 aromatic heterocycles. The van der Waals surface area contributed by atoms with E-state index in [1.807, 2.05) is 0 Å². The van der Waals surface area contributed by atoms with Crippen LogP contribution in [0.4, 0.5) is 4.39 Å². The molecule has 0 spiro atoms. The Morgan fingerprint density at radius 2 is 1.62 bits per heavy atom. The molecule has 1 amide bonds. The zero-order valence-corrected chi connectivity index (χ0v) is 15.9. The van der Waals surface area contributed by atoms with Crippen molar-refractivity contribution in [3.63, 3.8) is 0 Å². The van der Waals surface area contributed by atoms with E-state index >= 15 is 0 Å². The Morgan fingerprint density at radius 1 is 0.923 bits per heavy atom. The molecule has 1 heterocycles. The number of ketones is 1. The molecule has 0 saturated carbocycles. The normalized spacial score (nSPS) is 15.2. The number of nitrogens with zero attached hydrogens (tertiary/aromatic N) is 1. The van der Waals surface area contributed by atoms with Gasteiger partial charge in [0.15, 0.2) is 5.78 Å². The van der Waals surface area contributed by atoms with E-state index < -0.39 is 5.82 Å². The van der Waals surface area contributed by atoms with Crippen molar-refractivity contribution in [3.8, 4) is 0 Å². The predicted octanol–water partition coefficient (Wildman–Crippen LogP) is 5.52. The Labute approximate surface area is 165 Å². The number of rotatable bonds is 3. The van der Waals surface area contributed by atoms with Crippen LogP contribution in [0.2, 0.25) is 15.1 Å². The van der Waals surface area contributed by atoms with Gasteiger partial charge in [-0.15, -0.1) is 0 Å². The average molecular weight is 415 g/mol. The van der Waals surface area contributed by atoms with Crippen molar-refractivity contribution in [2.45, 2.75) is 12.8 Å². The lowest BCUT2D eigenvalue weighted by atomic mass is 9.88. The molecule has 0 atom stereocenters. The zero-order chi connectivity index (χ0) is 18.8. The molecule has 0 aliphatic carbocycles. The van der Waals surface area contributed by atoms with Crippen molar-refractivity contribution < 1.29 is 14.0 Å². The van der Waals surface area contributed by atoms with Gasteiger partial charge in [0.2, 0.25) is 0 Å². The molecule has 1 aliphatic rings. The number of likely N-dealkylation sites (tertiary alicyclic amines) is 1. The molecule has 7 heteroatoms. The molecule has 2 aromatic carbocycles. The number of carbonyl (C=O) groups is 2. The number of piperidine rings is 1. The number of benzene rings is 2. The first-order valence-electron chi connectivity index (χ1n) is 8.10. The molecule has 3 nitrogen and oxygen atoms in total. The average Bonchev–Trinajstić information content (AvgIpc) is 2.63. The largest absolute Gasteiger partial charge is 0.339 e. The minimum Gasteiger partial charge on any atom is -0.339 e. The van der Waals surface area contributed by atoms with Gasteiger partial charge in [-0.2, -0.15) is 0 Å². The highest BCUT2D eigenvalue weighted by atomic mass is 35.5. The quantitative estimate of drug-likeness (QED) is 0.620. The highest BCUT2D eigenvalue weighted by Crippen LogP contribution is 2.28. The van der Waals surface area contributed by atoms with Crippen LogP contribution in [0.1, 0.15) is 33.6 Å². The van der Waals surface area contributed by atoms with Crippen molar-refractivity contribution in [2.24, 2.45) is 5.92 Å². The van der Waals surface area contributed by atoms with Gasteiger partial charge < -0.3 is 4.90 Å². The van der Waals surface area contributed by atoms with Crippen LogP contribution in [0.25, 0.3) is 0 Å². The van der Waals surface area contributed by atoms with E-state index in [1.54, 1.807) is 23.1 Å². The maximum Gasteiger partial charge on any atom is 0.255 e. The Bertz CT molecular complexity index is 864. The second kappa shape index (κ2) is 7.95. The molecule has 2 aromatic rings. The molecule has 1 aliphatic heterocycles. The van der Waals surface area contributed by atoms with E-state index in [0.717, 1.165) is 6.07 Å². The maximum absolute atomic E-state index is 13.1. The summed E-state index contributed by atoms with van der Waals surface area (Å²) in [4.78, 5) is 26.8. The molecule has 0 unspecified atom stereocenters. The minimum absolute atomic E-state index is 0.00418. The molecule has 0 N–H and O–H groups in total. The van der Waals surface area contributed by atoms with Crippen LogP contribution < -0.4 is 0 Å². The second-order valence-corrected chi connectivity index (χ2v) is 7.41. The van der Waals surface area contributed by atoms with Gasteiger partial charge in [-0.3, -0.25) is 9.59 Å². The molecular weight excluding hydrogens is 400 g/mol. The van der Waals surface area contributed by atoms with Gasteiger partial charge >= 0.3 is 0 Å². The standard InChI is InChI=1S/C19H15Cl3FNO2/c20-15-4-1-12(9-17(15)22)18(25)11-5-7-24(8-6-11)19(26)14-3-2-13(23)10-16(14)21/h1-4,9-11H,5-8H2. The molecule has 26 heavy (non-hydrogen) atoms. The van der Waals surface area contributed by atoms with Crippen molar-refractivity contribution in [2.75, 3.05) is 13.1 Å². The summed E-state index contributed by atoms with van der Waals surface area (Å²) in [6.45, 7) is 0.870. The van der Waals surface area contributed by atoms with Crippen LogP contribution in [0.5, 0.6) is 0 Å². The Balaban J connectivity index is 1.66. The smallest absolute Gasteiger partial charge is 0.255 e. The van der Waals surface area contributed by atoms with Gasteiger partial charge in [0, 0.05) is 24.6 Å². The number of amides is 1. The van der Waals surface area contributed by atoms with E-state index in [2.05, 4.69) is 0 Å². The van der Waals surface area contributed by atoms with Gasteiger partial charge in [-0.05, 0) is 49.2 Å². The summed E-state index contributed by atoms with van der Waals surface area (Å²) in [6, 6.07) is 8.54. The molecular formula is C19H15Cl3FNO2. The molecule has 136 valence electrons. The van der Waals surface area contributed by atoms with Gasteiger partial charge in [-0.25, -0.2) is 4.39 Å². The van der Waals surface area contributed by atoms with Crippen LogP contribution in [0, 0.1) is 11.7 Å². The Hall–Kier alpha value is -1.62. The molecule has 1 saturated heterocycles. The summed E-state index contributed by atoms with van der Waals surface area (Å²) in [6.07, 6.45) is 1.09. The number of Topliss-reactive ketones (excluding diaryl/α,β-unsaturated/α-hetero) is 1. The number of hydrogen-bond donors (Lipinski definition) is 0. The van der Waals surface area contributed by atoms with E-state index in [1.165, 1.54) is 12.1 Å². The zero-order valence-electron chi connectivity index (χ0n) is 13.6. The van der Waals surface area contributed by atoms with Gasteiger partial charge in [0.1, 0.15) is 5.82 Å². The fourth-order valence-corrected chi connectivity index (χ4v) is 3.61. The van der Waals surface area contributed by atoms with Crippen molar-refractivity contribution in [1.82, 2.24) is 4.90 Å². The van der Waals surface area contributed by atoms with Gasteiger partial charge in [0.05, 0.1) is 20.6 Å². The van der Waals surface area contributed by atoms with E-state index in [0.29, 0.717) is 41.5 Å². The summed E-state index contributed by atoms with van der Waals surface area (Å²) in [5, 5.41) is 0.833. The van der Waals surface area contributed by atoms with E-state index in [-0.39, 0.29) is 28.2 Å². The SMILES string of the molecule is O=C(c1ccc(Cl)c(Cl)c1)C1CCN(C(=O)c2ccc(F)cc2Cl)CC1. The van der Waals surface area contributed by atoms with Crippen LogP contribution in [-0.4, -0.2) is 29.7 Å². The first kappa shape index (κ1) is 19.2. The fraction of sp³-hybridized carbons (Fsp3) is 0.263. The molecule has 3 rings (SSSR count). The lowest BCUT2D eigenvalue weighted by Crippen LogP contribution is -2.40. The van der Waals surface area contributed by atoms with Crippen LogP contribution >= 0.6 is 34.8 Å². The van der Waals surface area contributed by atoms with Gasteiger partial charge in [0.25, 0.3) is 5.91 Å². The first-order valence-corrected chi connectivity index (χ1v) is 9.24. The monoisotopic (exact) mass is 413 g/mol. The lowest BCUT2D eigenvalue weighted by molar-refractivity contribution is 0.0650. The third-order valence-corrected chi connectivity index (χ3v) is 5.57. The maximum atomic E-state index is 13.1. The number of hydrogen-bond acceptors (Lipinski definition) is 2. The highest BCUT2D eigenvalue weighted by Gasteiger charge is 2.29. The summed E-state index contributed by atoms with van der Waals surface area (Å²) in [5.41, 5.74) is 0.785. The van der Waals surface area contributed by atoms with Crippen LogP contribution in [0.3, 0.4) is 0 Å². The van der Waals surface area contributed by atoms with Gasteiger partial charge in [-0.1, -0.05) is 34.8 Å². The third kappa shape index (κ3) is 4.03. The number of carbonyl (C=O) groups excluding carboxylic acids is 2. The lowest BCUT2D eigenvalue weighted by Gasteiger charge is -2.31. The fourth-order valence-electron chi connectivity index (χ4n) is 3.06. The minimum atomic E-state index is -0.488. The van der Waals surface area contributed by atoms with Crippen molar-refractivity contribution in [3.05, 3.63) is 68.4 Å². The Kier molecular flexibility index (Phi) is 5.86. The summed E-state index contributed by atoms with van der Waals surface area (Å²) < 4.78 is 13.1. The highest BCUT2D eigenvalue weighted by molar-refractivity contribution is 6.42.